The van der Waals surface area contributed by atoms with Gasteiger partial charge >= 0.3 is 0 Å². The molecule has 3 rings (SSSR count). The second-order valence-corrected chi connectivity index (χ2v) is 9.19. The van der Waals surface area contributed by atoms with Crippen LogP contribution in [-0.2, 0) is 14.6 Å². The summed E-state index contributed by atoms with van der Waals surface area (Å²) in [6.07, 6.45) is 3.71. The Balaban J connectivity index is 1.68. The third kappa shape index (κ3) is 3.71. The van der Waals surface area contributed by atoms with Crippen molar-refractivity contribution in [1.82, 2.24) is 4.90 Å². The zero-order valence-electron chi connectivity index (χ0n) is 12.8. The van der Waals surface area contributed by atoms with Crippen molar-refractivity contribution >= 4 is 44.8 Å². The van der Waals surface area contributed by atoms with Gasteiger partial charge in [-0.1, -0.05) is 17.7 Å². The van der Waals surface area contributed by atoms with Crippen molar-refractivity contribution in [3.8, 4) is 0 Å². The highest BCUT2D eigenvalue weighted by Crippen LogP contribution is 2.25. The molecule has 0 spiro atoms. The van der Waals surface area contributed by atoms with Gasteiger partial charge < -0.3 is 4.90 Å². The quantitative estimate of drug-likeness (QED) is 0.762. The van der Waals surface area contributed by atoms with E-state index in [9.17, 15) is 13.2 Å². The SMILES string of the molecule is O=C(/C=C/c1cccs1)N1CCC(S(=O)(=O)c2ccc(Cl)cc2)C1. The molecule has 1 aromatic heterocycles. The molecular formula is C17H16ClNO3S2. The average molecular weight is 382 g/mol. The summed E-state index contributed by atoms with van der Waals surface area (Å²) >= 11 is 7.36. The summed E-state index contributed by atoms with van der Waals surface area (Å²) in [5.74, 6) is -0.155. The monoisotopic (exact) mass is 381 g/mol. The molecule has 0 bridgehead atoms. The van der Waals surface area contributed by atoms with Gasteiger partial charge in [0.25, 0.3) is 0 Å². The fraction of sp³-hybridized carbons (Fsp3) is 0.235. The molecule has 1 fully saturated rings. The van der Waals surface area contributed by atoms with E-state index >= 15 is 0 Å². The standard InChI is InChI=1S/C17H16ClNO3S2/c18-13-3-6-15(7-4-13)24(21,22)16-9-10-19(12-16)17(20)8-5-14-2-1-11-23-14/h1-8,11,16H,9-10,12H2/b8-5+. The Morgan fingerprint density at radius 1 is 1.25 bits per heavy atom. The number of rotatable bonds is 4. The van der Waals surface area contributed by atoms with Crippen LogP contribution < -0.4 is 0 Å². The van der Waals surface area contributed by atoms with E-state index in [1.807, 2.05) is 17.5 Å². The predicted octanol–water partition coefficient (Wildman–Crippen LogP) is 3.49. The zero-order valence-corrected chi connectivity index (χ0v) is 15.2. The first-order valence-electron chi connectivity index (χ1n) is 7.47. The van der Waals surface area contributed by atoms with Crippen LogP contribution in [0.4, 0.5) is 0 Å². The third-order valence-electron chi connectivity index (χ3n) is 3.97. The Labute approximate surface area is 150 Å². The molecule has 24 heavy (non-hydrogen) atoms. The maximum absolute atomic E-state index is 12.7. The van der Waals surface area contributed by atoms with Crippen molar-refractivity contribution in [3.05, 3.63) is 57.8 Å². The summed E-state index contributed by atoms with van der Waals surface area (Å²) in [5, 5.41) is 1.86. The van der Waals surface area contributed by atoms with Crippen LogP contribution in [0.25, 0.3) is 6.08 Å². The number of hydrogen-bond acceptors (Lipinski definition) is 4. The van der Waals surface area contributed by atoms with Crippen LogP contribution in [0.2, 0.25) is 5.02 Å². The van der Waals surface area contributed by atoms with Gasteiger partial charge in [-0.3, -0.25) is 4.79 Å². The highest BCUT2D eigenvalue weighted by atomic mass is 35.5. The summed E-state index contributed by atoms with van der Waals surface area (Å²) < 4.78 is 25.3. The maximum Gasteiger partial charge on any atom is 0.246 e. The van der Waals surface area contributed by atoms with Crippen molar-refractivity contribution in [2.45, 2.75) is 16.6 Å². The fourth-order valence-electron chi connectivity index (χ4n) is 2.64. The number of sulfone groups is 1. The molecule has 2 aromatic rings. The maximum atomic E-state index is 12.7. The number of likely N-dealkylation sites (tertiary alicyclic amines) is 1. The molecule has 4 nitrogen and oxygen atoms in total. The van der Waals surface area contributed by atoms with Crippen molar-refractivity contribution < 1.29 is 13.2 Å². The molecule has 0 aliphatic carbocycles. The van der Waals surface area contributed by atoms with Crippen molar-refractivity contribution in [2.24, 2.45) is 0 Å². The minimum atomic E-state index is -3.45. The number of carbonyl (C=O) groups is 1. The molecule has 0 N–H and O–H groups in total. The number of hydrogen-bond donors (Lipinski definition) is 0. The van der Waals surface area contributed by atoms with Gasteiger partial charge in [-0.25, -0.2) is 8.42 Å². The highest BCUT2D eigenvalue weighted by molar-refractivity contribution is 7.92. The van der Waals surface area contributed by atoms with E-state index < -0.39 is 15.1 Å². The van der Waals surface area contributed by atoms with Crippen molar-refractivity contribution in [2.75, 3.05) is 13.1 Å². The largest absolute Gasteiger partial charge is 0.338 e. The van der Waals surface area contributed by atoms with E-state index in [-0.39, 0.29) is 17.3 Å². The number of amides is 1. The van der Waals surface area contributed by atoms with Crippen LogP contribution in [-0.4, -0.2) is 37.6 Å². The molecular weight excluding hydrogens is 366 g/mol. The Morgan fingerprint density at radius 3 is 2.67 bits per heavy atom. The summed E-state index contributed by atoms with van der Waals surface area (Å²) in [4.78, 5) is 15.1. The molecule has 7 heteroatoms. The lowest BCUT2D eigenvalue weighted by atomic mass is 10.4. The molecule has 1 aliphatic rings. The molecule has 0 radical (unpaired) electrons. The van der Waals surface area contributed by atoms with Gasteiger partial charge in [-0.2, -0.15) is 0 Å². The molecule has 0 saturated carbocycles. The van der Waals surface area contributed by atoms with Crippen molar-refractivity contribution in [3.63, 3.8) is 0 Å². The van der Waals surface area contributed by atoms with E-state index in [0.717, 1.165) is 4.88 Å². The fourth-order valence-corrected chi connectivity index (χ4v) is 5.08. The van der Waals surface area contributed by atoms with Gasteiger partial charge in [0.2, 0.25) is 5.91 Å². The minimum absolute atomic E-state index is 0.155. The van der Waals surface area contributed by atoms with Crippen LogP contribution in [0, 0.1) is 0 Å². The molecule has 126 valence electrons. The topological polar surface area (TPSA) is 54.5 Å². The van der Waals surface area contributed by atoms with E-state index in [1.54, 1.807) is 34.4 Å². The van der Waals surface area contributed by atoms with Crippen LogP contribution >= 0.6 is 22.9 Å². The smallest absolute Gasteiger partial charge is 0.246 e. The number of thiophene rings is 1. The molecule has 1 atom stereocenters. The van der Waals surface area contributed by atoms with Gasteiger partial charge in [0.05, 0.1) is 10.1 Å². The van der Waals surface area contributed by atoms with Gasteiger partial charge in [-0.15, -0.1) is 11.3 Å². The second kappa shape index (κ2) is 7.09. The molecule has 1 amide bonds. The van der Waals surface area contributed by atoms with E-state index in [1.165, 1.54) is 18.2 Å². The van der Waals surface area contributed by atoms with Gasteiger partial charge in [0.15, 0.2) is 9.84 Å². The van der Waals surface area contributed by atoms with Crippen molar-refractivity contribution in [1.29, 1.82) is 0 Å². The molecule has 2 heterocycles. The van der Waals surface area contributed by atoms with Gasteiger partial charge in [0.1, 0.15) is 0 Å². The first-order chi connectivity index (χ1) is 11.5. The van der Waals surface area contributed by atoms with E-state index in [0.29, 0.717) is 18.0 Å². The summed E-state index contributed by atoms with van der Waals surface area (Å²) in [7, 11) is -3.45. The zero-order chi connectivity index (χ0) is 17.2. The lowest BCUT2D eigenvalue weighted by Crippen LogP contribution is -2.30. The average Bonchev–Trinajstić information content (AvgIpc) is 3.25. The molecule has 1 aromatic carbocycles. The van der Waals surface area contributed by atoms with Gasteiger partial charge in [0, 0.05) is 29.1 Å². The predicted molar refractivity (Wildman–Crippen MR) is 97.0 cm³/mol. The lowest BCUT2D eigenvalue weighted by Gasteiger charge is -2.15. The number of carbonyl (C=O) groups excluding carboxylic acids is 1. The van der Waals surface area contributed by atoms with Crippen LogP contribution in [0.1, 0.15) is 11.3 Å². The number of nitrogens with zero attached hydrogens (tertiary/aromatic N) is 1. The normalized spacial score (nSPS) is 18.4. The van der Waals surface area contributed by atoms with Gasteiger partial charge in [-0.05, 0) is 48.2 Å². The van der Waals surface area contributed by atoms with E-state index in [2.05, 4.69) is 0 Å². The van der Waals surface area contributed by atoms with Crippen LogP contribution in [0.15, 0.2) is 52.7 Å². The first-order valence-corrected chi connectivity index (χ1v) is 10.3. The lowest BCUT2D eigenvalue weighted by molar-refractivity contribution is -0.124. The Bertz CT molecular complexity index is 842. The Hall–Kier alpha value is -1.63. The summed E-state index contributed by atoms with van der Waals surface area (Å²) in [6.45, 7) is 0.670. The molecule has 1 unspecified atom stereocenters. The Morgan fingerprint density at radius 2 is 2.00 bits per heavy atom. The highest BCUT2D eigenvalue weighted by Gasteiger charge is 2.35. The second-order valence-electron chi connectivity index (χ2n) is 5.54. The summed E-state index contributed by atoms with van der Waals surface area (Å²) in [6, 6.07) is 10.00. The first kappa shape index (κ1) is 17.2. The third-order valence-corrected chi connectivity index (χ3v) is 7.25. The minimum Gasteiger partial charge on any atom is -0.338 e. The molecule has 1 saturated heterocycles. The molecule has 1 aliphatic heterocycles. The number of halogens is 1. The van der Waals surface area contributed by atoms with Crippen LogP contribution in [0.5, 0.6) is 0 Å². The number of benzene rings is 1. The van der Waals surface area contributed by atoms with Crippen LogP contribution in [0.3, 0.4) is 0 Å². The summed E-state index contributed by atoms with van der Waals surface area (Å²) in [5.41, 5.74) is 0. The Kier molecular flexibility index (Phi) is 5.08. The van der Waals surface area contributed by atoms with E-state index in [4.69, 9.17) is 11.6 Å².